The first-order chi connectivity index (χ1) is 8.39. The van der Waals surface area contributed by atoms with Crippen LogP contribution in [-0.2, 0) is 9.84 Å². The maximum Gasteiger partial charge on any atom is 0.271 e. The van der Waals surface area contributed by atoms with Crippen LogP contribution in [0.3, 0.4) is 0 Å². The van der Waals surface area contributed by atoms with Crippen LogP contribution < -0.4 is 0 Å². The van der Waals surface area contributed by atoms with Crippen molar-refractivity contribution < 1.29 is 13.2 Å². The average molecular weight is 353 g/mol. The first-order valence-corrected chi connectivity index (χ1v) is 9.21. The standard InChI is InChI=1S/C10H13BrN2O3S2/c1-18(15,16)9-6-17-3-2-13(9)10(14)8-4-7(11)5-12-8/h4-5,9,12H,2-3,6H2,1H3. The van der Waals surface area contributed by atoms with Gasteiger partial charge in [0.2, 0.25) is 0 Å². The normalized spacial score (nSPS) is 21.0. The molecule has 0 saturated carbocycles. The van der Waals surface area contributed by atoms with Gasteiger partial charge in [-0.15, -0.1) is 0 Å². The Morgan fingerprint density at radius 3 is 2.89 bits per heavy atom. The Labute approximate surface area is 118 Å². The molecule has 1 fully saturated rings. The first-order valence-electron chi connectivity index (χ1n) is 5.31. The molecule has 0 bridgehead atoms. The lowest BCUT2D eigenvalue weighted by Gasteiger charge is -2.33. The molecule has 1 aliphatic heterocycles. The molecular weight excluding hydrogens is 340 g/mol. The van der Waals surface area contributed by atoms with Gasteiger partial charge in [0.15, 0.2) is 9.84 Å². The monoisotopic (exact) mass is 352 g/mol. The van der Waals surface area contributed by atoms with Crippen molar-refractivity contribution in [2.75, 3.05) is 24.3 Å². The first kappa shape index (κ1) is 14.0. The Morgan fingerprint density at radius 2 is 2.33 bits per heavy atom. The Bertz CT molecular complexity index is 555. The number of halogens is 1. The molecule has 0 radical (unpaired) electrons. The summed E-state index contributed by atoms with van der Waals surface area (Å²) in [5.41, 5.74) is 0.405. The Balaban J connectivity index is 2.27. The van der Waals surface area contributed by atoms with Crippen molar-refractivity contribution in [1.29, 1.82) is 0 Å². The summed E-state index contributed by atoms with van der Waals surface area (Å²) in [5, 5.41) is -0.731. The molecule has 2 heterocycles. The molecule has 1 aromatic rings. The number of hydrogen-bond donors (Lipinski definition) is 1. The number of carbonyl (C=O) groups is 1. The third-order valence-corrected chi connectivity index (χ3v) is 5.82. The van der Waals surface area contributed by atoms with E-state index >= 15 is 0 Å². The number of nitrogens with zero attached hydrogens (tertiary/aromatic N) is 1. The zero-order valence-corrected chi connectivity index (χ0v) is 12.9. The van der Waals surface area contributed by atoms with E-state index in [9.17, 15) is 13.2 Å². The SMILES string of the molecule is CS(=O)(=O)C1CSCCN1C(=O)c1cc(Br)c[nH]1. The minimum atomic E-state index is -3.26. The molecule has 1 amide bonds. The highest BCUT2D eigenvalue weighted by atomic mass is 79.9. The minimum absolute atomic E-state index is 0.267. The van der Waals surface area contributed by atoms with Gasteiger partial charge in [0, 0.05) is 35.0 Å². The van der Waals surface area contributed by atoms with Crippen molar-refractivity contribution in [3.8, 4) is 0 Å². The molecule has 18 heavy (non-hydrogen) atoms. The zero-order chi connectivity index (χ0) is 13.3. The lowest BCUT2D eigenvalue weighted by Crippen LogP contribution is -2.50. The van der Waals surface area contributed by atoms with Crippen LogP contribution in [0.4, 0.5) is 0 Å². The van der Waals surface area contributed by atoms with E-state index in [1.807, 2.05) is 0 Å². The molecule has 1 saturated heterocycles. The number of sulfone groups is 1. The van der Waals surface area contributed by atoms with Crippen LogP contribution in [0.2, 0.25) is 0 Å². The lowest BCUT2D eigenvalue weighted by atomic mass is 10.3. The van der Waals surface area contributed by atoms with Crippen LogP contribution in [0.15, 0.2) is 16.7 Å². The minimum Gasteiger partial charge on any atom is -0.356 e. The van der Waals surface area contributed by atoms with Crippen molar-refractivity contribution in [2.24, 2.45) is 0 Å². The van der Waals surface area contributed by atoms with Gasteiger partial charge in [0.25, 0.3) is 5.91 Å². The summed E-state index contributed by atoms with van der Waals surface area (Å²) in [4.78, 5) is 16.5. The third-order valence-electron chi connectivity index (χ3n) is 2.72. The molecule has 1 aromatic heterocycles. The summed E-state index contributed by atoms with van der Waals surface area (Å²) < 4.78 is 24.2. The summed E-state index contributed by atoms with van der Waals surface area (Å²) >= 11 is 4.81. The summed E-state index contributed by atoms with van der Waals surface area (Å²) in [6, 6.07) is 1.66. The molecule has 1 unspecified atom stereocenters. The van der Waals surface area contributed by atoms with Gasteiger partial charge in [-0.25, -0.2) is 8.42 Å². The smallest absolute Gasteiger partial charge is 0.271 e. The number of hydrogen-bond acceptors (Lipinski definition) is 4. The van der Waals surface area contributed by atoms with Gasteiger partial charge in [-0.05, 0) is 22.0 Å². The van der Waals surface area contributed by atoms with Crippen LogP contribution in [0, 0.1) is 0 Å². The molecule has 0 aromatic carbocycles. The van der Waals surface area contributed by atoms with E-state index in [0.717, 1.165) is 10.2 Å². The van der Waals surface area contributed by atoms with Crippen molar-refractivity contribution in [2.45, 2.75) is 5.37 Å². The second-order valence-corrected chi connectivity index (χ2v) is 8.36. The summed E-state index contributed by atoms with van der Waals surface area (Å²) in [5.74, 6) is 0.933. The molecule has 8 heteroatoms. The van der Waals surface area contributed by atoms with Crippen LogP contribution in [0.1, 0.15) is 10.5 Å². The van der Waals surface area contributed by atoms with Gasteiger partial charge in [-0.1, -0.05) is 0 Å². The van der Waals surface area contributed by atoms with Gasteiger partial charge in [-0.3, -0.25) is 4.79 Å². The number of carbonyl (C=O) groups excluding carboxylic acids is 1. The molecule has 0 aliphatic carbocycles. The van der Waals surface area contributed by atoms with Crippen LogP contribution in [0.25, 0.3) is 0 Å². The predicted molar refractivity (Wildman–Crippen MR) is 75.5 cm³/mol. The average Bonchev–Trinajstić information content (AvgIpc) is 2.74. The summed E-state index contributed by atoms with van der Waals surface area (Å²) in [6.07, 6.45) is 2.83. The predicted octanol–water partition coefficient (Wildman–Crippen LogP) is 1.34. The van der Waals surface area contributed by atoms with E-state index in [1.54, 1.807) is 24.0 Å². The Hall–Kier alpha value is -0.470. The van der Waals surface area contributed by atoms with E-state index in [1.165, 1.54) is 11.2 Å². The highest BCUT2D eigenvalue weighted by Crippen LogP contribution is 2.23. The van der Waals surface area contributed by atoms with Gasteiger partial charge in [0.05, 0.1) is 0 Å². The van der Waals surface area contributed by atoms with E-state index in [-0.39, 0.29) is 5.91 Å². The largest absolute Gasteiger partial charge is 0.356 e. The third kappa shape index (κ3) is 2.92. The van der Waals surface area contributed by atoms with E-state index in [2.05, 4.69) is 20.9 Å². The zero-order valence-electron chi connectivity index (χ0n) is 9.72. The number of amides is 1. The molecule has 1 N–H and O–H groups in total. The maximum absolute atomic E-state index is 12.3. The summed E-state index contributed by atoms with van der Waals surface area (Å²) in [6.45, 7) is 0.456. The molecule has 5 nitrogen and oxygen atoms in total. The second-order valence-electron chi connectivity index (χ2n) is 4.09. The fourth-order valence-corrected chi connectivity index (χ4v) is 4.97. The Kier molecular flexibility index (Phi) is 4.08. The summed E-state index contributed by atoms with van der Waals surface area (Å²) in [7, 11) is -3.26. The van der Waals surface area contributed by atoms with Crippen molar-refractivity contribution in [1.82, 2.24) is 9.88 Å². The number of nitrogens with one attached hydrogen (secondary N) is 1. The highest BCUT2D eigenvalue weighted by Gasteiger charge is 2.34. The van der Waals surface area contributed by atoms with E-state index < -0.39 is 15.2 Å². The van der Waals surface area contributed by atoms with Gasteiger partial charge in [-0.2, -0.15) is 11.8 Å². The van der Waals surface area contributed by atoms with Crippen LogP contribution in [0.5, 0.6) is 0 Å². The molecule has 1 aliphatic rings. The van der Waals surface area contributed by atoms with Gasteiger partial charge >= 0.3 is 0 Å². The quantitative estimate of drug-likeness (QED) is 0.871. The molecule has 1 atom stereocenters. The lowest BCUT2D eigenvalue weighted by molar-refractivity contribution is 0.0744. The van der Waals surface area contributed by atoms with E-state index in [0.29, 0.717) is 18.0 Å². The number of aromatic nitrogens is 1. The number of thioether (sulfide) groups is 1. The maximum atomic E-state index is 12.3. The molecule has 0 spiro atoms. The number of rotatable bonds is 2. The number of aromatic amines is 1. The van der Waals surface area contributed by atoms with E-state index in [4.69, 9.17) is 0 Å². The van der Waals surface area contributed by atoms with Gasteiger partial charge < -0.3 is 9.88 Å². The van der Waals surface area contributed by atoms with Crippen LogP contribution >= 0.6 is 27.7 Å². The fraction of sp³-hybridized carbons (Fsp3) is 0.500. The van der Waals surface area contributed by atoms with Gasteiger partial charge in [0.1, 0.15) is 11.1 Å². The highest BCUT2D eigenvalue weighted by molar-refractivity contribution is 9.10. The molecule has 2 rings (SSSR count). The van der Waals surface area contributed by atoms with Crippen molar-refractivity contribution in [3.63, 3.8) is 0 Å². The van der Waals surface area contributed by atoms with Crippen molar-refractivity contribution >= 4 is 43.4 Å². The van der Waals surface area contributed by atoms with Crippen molar-refractivity contribution in [3.05, 3.63) is 22.4 Å². The fourth-order valence-electron chi connectivity index (χ4n) is 1.81. The second kappa shape index (κ2) is 5.26. The van der Waals surface area contributed by atoms with Crippen LogP contribution in [-0.4, -0.2) is 53.9 Å². The topological polar surface area (TPSA) is 70.2 Å². The molecule has 100 valence electrons. The molecular formula is C10H13BrN2O3S2. The number of H-pyrrole nitrogens is 1. The Morgan fingerprint density at radius 1 is 1.61 bits per heavy atom.